The molecule has 0 spiro atoms. The number of amides is 1. The van der Waals surface area contributed by atoms with Gasteiger partial charge < -0.3 is 4.90 Å². The Kier molecular flexibility index (Phi) is 3.88. The normalized spacial score (nSPS) is 18.3. The molecule has 1 aromatic carbocycles. The highest BCUT2D eigenvalue weighted by Gasteiger charge is 2.36. The maximum absolute atomic E-state index is 13.9. The minimum absolute atomic E-state index is 0.0655. The summed E-state index contributed by atoms with van der Waals surface area (Å²) in [5.74, 6) is -1.19. The molecular weight excluding hydrogens is 294 g/mol. The predicted molar refractivity (Wildman–Crippen MR) is 76.3 cm³/mol. The molecule has 0 radical (unpaired) electrons. The summed E-state index contributed by atoms with van der Waals surface area (Å²) in [6.45, 7) is 0.241. The number of hydrogen-bond donors (Lipinski definition) is 0. The molecule has 2 heterocycles. The zero-order valence-corrected chi connectivity index (χ0v) is 11.8. The third kappa shape index (κ3) is 2.76. The first-order chi connectivity index (χ1) is 10.2. The molecule has 6 heteroatoms. The summed E-state index contributed by atoms with van der Waals surface area (Å²) >= 11 is 1.23. The van der Waals surface area contributed by atoms with Gasteiger partial charge >= 0.3 is 0 Å². The SMILES string of the molecule is O=C1CSC(c2c(F)cccc2F)N1Cc1ccccn1. The van der Waals surface area contributed by atoms with Crippen LogP contribution in [0.1, 0.15) is 16.6 Å². The lowest BCUT2D eigenvalue weighted by Gasteiger charge is -2.24. The number of carbonyl (C=O) groups excluding carboxylic acids is 1. The van der Waals surface area contributed by atoms with Crippen LogP contribution in [0.5, 0.6) is 0 Å². The van der Waals surface area contributed by atoms with Gasteiger partial charge in [-0.15, -0.1) is 11.8 Å². The van der Waals surface area contributed by atoms with E-state index in [0.29, 0.717) is 5.69 Å². The molecule has 1 amide bonds. The van der Waals surface area contributed by atoms with Crippen molar-refractivity contribution in [1.82, 2.24) is 9.88 Å². The lowest BCUT2D eigenvalue weighted by atomic mass is 10.1. The van der Waals surface area contributed by atoms with Crippen LogP contribution in [0.4, 0.5) is 8.78 Å². The van der Waals surface area contributed by atoms with Crippen LogP contribution in [0, 0.1) is 11.6 Å². The highest BCUT2D eigenvalue weighted by Crippen LogP contribution is 2.41. The Morgan fingerprint density at radius 1 is 1.19 bits per heavy atom. The van der Waals surface area contributed by atoms with Gasteiger partial charge in [-0.05, 0) is 24.3 Å². The summed E-state index contributed by atoms with van der Waals surface area (Å²) in [7, 11) is 0. The molecule has 0 N–H and O–H groups in total. The summed E-state index contributed by atoms with van der Waals surface area (Å²) < 4.78 is 27.9. The molecule has 3 nitrogen and oxygen atoms in total. The van der Waals surface area contributed by atoms with Crippen molar-refractivity contribution in [2.75, 3.05) is 5.75 Å². The first-order valence-corrected chi connectivity index (χ1v) is 7.46. The standard InChI is InChI=1S/C15H12F2N2OS/c16-11-5-3-6-12(17)14(11)15-19(13(20)9-21-15)8-10-4-1-2-7-18-10/h1-7,15H,8-9H2. The van der Waals surface area contributed by atoms with Gasteiger partial charge in [0, 0.05) is 6.20 Å². The van der Waals surface area contributed by atoms with Crippen LogP contribution in [-0.2, 0) is 11.3 Å². The van der Waals surface area contributed by atoms with E-state index in [2.05, 4.69) is 4.98 Å². The van der Waals surface area contributed by atoms with Gasteiger partial charge in [-0.25, -0.2) is 8.78 Å². The second-order valence-corrected chi connectivity index (χ2v) is 5.71. The van der Waals surface area contributed by atoms with E-state index in [9.17, 15) is 13.6 Å². The maximum Gasteiger partial charge on any atom is 0.234 e. The minimum Gasteiger partial charge on any atom is -0.320 e. The highest BCUT2D eigenvalue weighted by molar-refractivity contribution is 8.00. The first kappa shape index (κ1) is 14.0. The monoisotopic (exact) mass is 306 g/mol. The Morgan fingerprint density at radius 3 is 2.62 bits per heavy atom. The summed E-state index contributed by atoms with van der Waals surface area (Å²) in [6.07, 6.45) is 1.63. The Balaban J connectivity index is 1.93. The number of rotatable bonds is 3. The Bertz CT molecular complexity index is 646. The van der Waals surface area contributed by atoms with Crippen LogP contribution >= 0.6 is 11.8 Å². The quantitative estimate of drug-likeness (QED) is 0.873. The molecule has 0 aliphatic carbocycles. The fourth-order valence-corrected chi connectivity index (χ4v) is 3.51. The molecule has 1 fully saturated rings. The van der Waals surface area contributed by atoms with Crippen LogP contribution in [0.3, 0.4) is 0 Å². The minimum atomic E-state index is -0.652. The van der Waals surface area contributed by atoms with Gasteiger partial charge in [-0.1, -0.05) is 12.1 Å². The van der Waals surface area contributed by atoms with Crippen LogP contribution in [0.2, 0.25) is 0 Å². The van der Waals surface area contributed by atoms with Gasteiger partial charge in [0.25, 0.3) is 0 Å². The average molecular weight is 306 g/mol. The number of aromatic nitrogens is 1. The van der Waals surface area contributed by atoms with Crippen LogP contribution in [0.15, 0.2) is 42.6 Å². The Morgan fingerprint density at radius 2 is 1.95 bits per heavy atom. The first-order valence-electron chi connectivity index (χ1n) is 6.41. The molecule has 1 atom stereocenters. The van der Waals surface area contributed by atoms with Crippen molar-refractivity contribution < 1.29 is 13.6 Å². The van der Waals surface area contributed by atoms with E-state index in [1.807, 2.05) is 6.07 Å². The average Bonchev–Trinajstić information content (AvgIpc) is 2.82. The second kappa shape index (κ2) is 5.81. The Labute approximate surface area is 125 Å². The van der Waals surface area contributed by atoms with Crippen molar-refractivity contribution in [1.29, 1.82) is 0 Å². The fraction of sp³-hybridized carbons (Fsp3) is 0.200. The number of nitrogens with zero attached hydrogens (tertiary/aromatic N) is 2. The van der Waals surface area contributed by atoms with E-state index < -0.39 is 17.0 Å². The number of halogens is 2. The van der Waals surface area contributed by atoms with Crippen LogP contribution in [0.25, 0.3) is 0 Å². The topological polar surface area (TPSA) is 33.2 Å². The molecule has 108 valence electrons. The van der Waals surface area contributed by atoms with Gasteiger partial charge in [0.15, 0.2) is 0 Å². The molecule has 1 aromatic heterocycles. The van der Waals surface area contributed by atoms with Crippen molar-refractivity contribution in [2.45, 2.75) is 11.9 Å². The van der Waals surface area contributed by atoms with Gasteiger partial charge in [0.2, 0.25) is 5.91 Å². The zero-order chi connectivity index (χ0) is 14.8. The second-order valence-electron chi connectivity index (χ2n) is 4.64. The van der Waals surface area contributed by atoms with E-state index in [4.69, 9.17) is 0 Å². The number of pyridine rings is 1. The van der Waals surface area contributed by atoms with Crippen molar-refractivity contribution in [2.24, 2.45) is 0 Å². The van der Waals surface area contributed by atoms with Crippen molar-refractivity contribution in [3.8, 4) is 0 Å². The van der Waals surface area contributed by atoms with Crippen molar-refractivity contribution in [3.63, 3.8) is 0 Å². The number of hydrogen-bond acceptors (Lipinski definition) is 3. The van der Waals surface area contributed by atoms with Crippen molar-refractivity contribution >= 4 is 17.7 Å². The van der Waals surface area contributed by atoms with Crippen LogP contribution in [-0.4, -0.2) is 21.5 Å². The summed E-state index contributed by atoms with van der Waals surface area (Å²) in [6, 6.07) is 9.11. The van der Waals surface area contributed by atoms with E-state index >= 15 is 0 Å². The largest absolute Gasteiger partial charge is 0.320 e. The molecule has 1 aliphatic heterocycles. The fourth-order valence-electron chi connectivity index (χ4n) is 2.28. The van der Waals surface area contributed by atoms with E-state index in [-0.39, 0.29) is 23.8 Å². The molecule has 1 unspecified atom stereocenters. The molecule has 1 aliphatic rings. The Hall–Kier alpha value is -1.95. The molecule has 0 saturated carbocycles. The molecule has 3 rings (SSSR count). The summed E-state index contributed by atoms with van der Waals surface area (Å²) in [4.78, 5) is 17.6. The number of thioether (sulfide) groups is 1. The molecular formula is C15H12F2N2OS. The van der Waals surface area contributed by atoms with Gasteiger partial charge in [0.1, 0.15) is 17.0 Å². The highest BCUT2D eigenvalue weighted by atomic mass is 32.2. The molecule has 0 bridgehead atoms. The summed E-state index contributed by atoms with van der Waals surface area (Å²) in [5, 5.41) is -0.652. The predicted octanol–water partition coefficient (Wildman–Crippen LogP) is 3.13. The van der Waals surface area contributed by atoms with Crippen LogP contribution < -0.4 is 0 Å². The lowest BCUT2D eigenvalue weighted by Crippen LogP contribution is -2.29. The zero-order valence-electron chi connectivity index (χ0n) is 11.0. The van der Waals surface area contributed by atoms with E-state index in [1.54, 1.807) is 18.3 Å². The molecule has 2 aromatic rings. The van der Waals surface area contributed by atoms with E-state index in [0.717, 1.165) is 0 Å². The third-order valence-electron chi connectivity index (χ3n) is 3.27. The van der Waals surface area contributed by atoms with Gasteiger partial charge in [-0.3, -0.25) is 9.78 Å². The van der Waals surface area contributed by atoms with Gasteiger partial charge in [0.05, 0.1) is 23.6 Å². The van der Waals surface area contributed by atoms with Gasteiger partial charge in [-0.2, -0.15) is 0 Å². The molecule has 1 saturated heterocycles. The molecule has 21 heavy (non-hydrogen) atoms. The number of carbonyl (C=O) groups is 1. The lowest BCUT2D eigenvalue weighted by molar-refractivity contribution is -0.128. The smallest absolute Gasteiger partial charge is 0.234 e. The third-order valence-corrected chi connectivity index (χ3v) is 4.49. The number of benzene rings is 1. The maximum atomic E-state index is 13.9. The van der Waals surface area contributed by atoms with Crippen molar-refractivity contribution in [3.05, 3.63) is 65.5 Å². The van der Waals surface area contributed by atoms with E-state index in [1.165, 1.54) is 34.9 Å². The summed E-state index contributed by atoms with van der Waals surface area (Å²) in [5.41, 5.74) is 0.624.